The number of thiophene rings is 1. The van der Waals surface area contributed by atoms with Crippen LogP contribution >= 0.6 is 11.3 Å². The average Bonchev–Trinajstić information content (AvgIpc) is 3.16. The summed E-state index contributed by atoms with van der Waals surface area (Å²) in [5.74, 6) is 2.85. The van der Waals surface area contributed by atoms with E-state index in [0.717, 1.165) is 25.0 Å². The fourth-order valence-electron chi connectivity index (χ4n) is 2.95. The highest BCUT2D eigenvalue weighted by atomic mass is 32.1. The molecule has 0 amide bonds. The van der Waals surface area contributed by atoms with Gasteiger partial charge in [-0.05, 0) is 52.1 Å². The Balaban J connectivity index is 1.41. The van der Waals surface area contributed by atoms with Gasteiger partial charge in [-0.3, -0.25) is 4.99 Å². The van der Waals surface area contributed by atoms with Gasteiger partial charge in [0.25, 0.3) is 0 Å². The molecular formula is C19H25N3S. The van der Waals surface area contributed by atoms with Crippen molar-refractivity contribution in [2.45, 2.75) is 25.2 Å². The fraction of sp³-hybridized carbons (Fsp3) is 0.421. The third-order valence-electron chi connectivity index (χ3n) is 4.59. The van der Waals surface area contributed by atoms with Crippen LogP contribution in [0.5, 0.6) is 0 Å². The molecule has 1 aromatic carbocycles. The van der Waals surface area contributed by atoms with Gasteiger partial charge < -0.3 is 10.6 Å². The number of aliphatic imine (C=N–C) groups is 1. The third-order valence-corrected chi connectivity index (χ3v) is 5.29. The van der Waals surface area contributed by atoms with Gasteiger partial charge >= 0.3 is 0 Å². The number of rotatable bonds is 6. The molecule has 0 radical (unpaired) electrons. The number of benzene rings is 1. The van der Waals surface area contributed by atoms with Gasteiger partial charge in [0.05, 0.1) is 0 Å². The molecule has 23 heavy (non-hydrogen) atoms. The molecule has 4 heteroatoms. The summed E-state index contributed by atoms with van der Waals surface area (Å²) < 4.78 is 0. The summed E-state index contributed by atoms with van der Waals surface area (Å²) in [5, 5.41) is 11.3. The SMILES string of the molecule is CN=C(NCC(C)c1ccsc1)NCC1CC1c1ccccc1. The second kappa shape index (κ2) is 7.64. The largest absolute Gasteiger partial charge is 0.356 e. The quantitative estimate of drug-likeness (QED) is 0.625. The molecule has 1 heterocycles. The molecule has 0 bridgehead atoms. The minimum absolute atomic E-state index is 0.498. The van der Waals surface area contributed by atoms with Gasteiger partial charge in [-0.15, -0.1) is 0 Å². The molecule has 0 aliphatic heterocycles. The summed E-state index contributed by atoms with van der Waals surface area (Å²) in [5.41, 5.74) is 2.86. The lowest BCUT2D eigenvalue weighted by atomic mass is 10.1. The highest BCUT2D eigenvalue weighted by molar-refractivity contribution is 7.07. The Hall–Kier alpha value is -1.81. The summed E-state index contributed by atoms with van der Waals surface area (Å²) in [6, 6.07) is 13.0. The zero-order valence-electron chi connectivity index (χ0n) is 13.8. The first-order chi connectivity index (χ1) is 11.3. The average molecular weight is 327 g/mol. The second-order valence-corrected chi connectivity index (χ2v) is 7.08. The topological polar surface area (TPSA) is 36.4 Å². The van der Waals surface area contributed by atoms with Crippen molar-refractivity contribution in [2.75, 3.05) is 20.1 Å². The second-order valence-electron chi connectivity index (χ2n) is 6.30. The summed E-state index contributed by atoms with van der Waals surface area (Å²) in [7, 11) is 1.84. The Morgan fingerprint density at radius 2 is 2.09 bits per heavy atom. The van der Waals surface area contributed by atoms with Crippen LogP contribution in [-0.2, 0) is 0 Å². The predicted octanol–water partition coefficient (Wildman–Crippen LogP) is 3.82. The van der Waals surface area contributed by atoms with E-state index in [-0.39, 0.29) is 0 Å². The van der Waals surface area contributed by atoms with Crippen LogP contribution in [0.4, 0.5) is 0 Å². The van der Waals surface area contributed by atoms with Crippen molar-refractivity contribution in [1.82, 2.24) is 10.6 Å². The number of nitrogens with one attached hydrogen (secondary N) is 2. The van der Waals surface area contributed by atoms with Crippen LogP contribution < -0.4 is 10.6 Å². The monoisotopic (exact) mass is 327 g/mol. The lowest BCUT2D eigenvalue weighted by Crippen LogP contribution is -2.40. The van der Waals surface area contributed by atoms with Crippen LogP contribution in [0, 0.1) is 5.92 Å². The maximum Gasteiger partial charge on any atom is 0.191 e. The first kappa shape index (κ1) is 16.1. The normalized spacial score (nSPS) is 21.7. The van der Waals surface area contributed by atoms with Crippen molar-refractivity contribution in [3.05, 3.63) is 58.3 Å². The summed E-state index contributed by atoms with van der Waals surface area (Å²) in [6.45, 7) is 4.14. The first-order valence-electron chi connectivity index (χ1n) is 8.29. The van der Waals surface area contributed by atoms with Crippen molar-refractivity contribution < 1.29 is 0 Å². The predicted molar refractivity (Wildman–Crippen MR) is 99.4 cm³/mol. The number of hydrogen-bond acceptors (Lipinski definition) is 2. The van der Waals surface area contributed by atoms with Gasteiger partial charge in [0.15, 0.2) is 5.96 Å². The van der Waals surface area contributed by atoms with E-state index in [4.69, 9.17) is 0 Å². The van der Waals surface area contributed by atoms with Crippen LogP contribution in [0.1, 0.15) is 36.3 Å². The van der Waals surface area contributed by atoms with E-state index in [1.165, 1.54) is 17.5 Å². The third kappa shape index (κ3) is 4.35. The highest BCUT2D eigenvalue weighted by Crippen LogP contribution is 2.46. The fourth-order valence-corrected chi connectivity index (χ4v) is 3.74. The van der Waals surface area contributed by atoms with Crippen LogP contribution in [0.2, 0.25) is 0 Å². The molecule has 1 aliphatic carbocycles. The van der Waals surface area contributed by atoms with Crippen molar-refractivity contribution in [3.8, 4) is 0 Å². The van der Waals surface area contributed by atoms with E-state index in [2.05, 4.69) is 69.7 Å². The maximum atomic E-state index is 4.34. The number of guanidine groups is 1. The summed E-state index contributed by atoms with van der Waals surface area (Å²) in [6.07, 6.45) is 1.28. The molecule has 2 aromatic rings. The van der Waals surface area contributed by atoms with E-state index in [0.29, 0.717) is 11.8 Å². The number of hydrogen-bond donors (Lipinski definition) is 2. The van der Waals surface area contributed by atoms with E-state index in [9.17, 15) is 0 Å². The molecule has 3 rings (SSSR count). The molecule has 0 spiro atoms. The van der Waals surface area contributed by atoms with E-state index >= 15 is 0 Å². The Kier molecular flexibility index (Phi) is 5.34. The zero-order chi connectivity index (χ0) is 16.1. The van der Waals surface area contributed by atoms with Crippen LogP contribution in [0.3, 0.4) is 0 Å². The molecule has 1 aromatic heterocycles. The Morgan fingerprint density at radius 1 is 1.26 bits per heavy atom. The van der Waals surface area contributed by atoms with Gasteiger partial charge in [-0.2, -0.15) is 11.3 Å². The number of nitrogens with zero attached hydrogens (tertiary/aromatic N) is 1. The zero-order valence-corrected chi connectivity index (χ0v) is 14.6. The molecule has 1 aliphatic rings. The van der Waals surface area contributed by atoms with Gasteiger partial charge in [-0.1, -0.05) is 37.3 Å². The van der Waals surface area contributed by atoms with Crippen molar-refractivity contribution in [2.24, 2.45) is 10.9 Å². The van der Waals surface area contributed by atoms with Crippen molar-refractivity contribution in [1.29, 1.82) is 0 Å². The molecular weight excluding hydrogens is 302 g/mol. The standard InChI is InChI=1S/C19H25N3S/c1-14(16-8-9-23-13-16)11-21-19(20-2)22-12-17-10-18(17)15-6-4-3-5-7-15/h3-9,13-14,17-18H,10-12H2,1-2H3,(H2,20,21,22). The van der Waals surface area contributed by atoms with E-state index in [1.54, 1.807) is 11.3 Å². The summed E-state index contributed by atoms with van der Waals surface area (Å²) >= 11 is 1.75. The molecule has 3 nitrogen and oxygen atoms in total. The molecule has 2 N–H and O–H groups in total. The van der Waals surface area contributed by atoms with Gasteiger partial charge in [0, 0.05) is 20.1 Å². The summed E-state index contributed by atoms with van der Waals surface area (Å²) in [4.78, 5) is 4.34. The lowest BCUT2D eigenvalue weighted by molar-refractivity contribution is 0.681. The van der Waals surface area contributed by atoms with E-state index in [1.807, 2.05) is 7.05 Å². The van der Waals surface area contributed by atoms with Crippen LogP contribution in [-0.4, -0.2) is 26.1 Å². The molecule has 1 saturated carbocycles. The minimum atomic E-state index is 0.498. The minimum Gasteiger partial charge on any atom is -0.356 e. The smallest absolute Gasteiger partial charge is 0.191 e. The van der Waals surface area contributed by atoms with Gasteiger partial charge in [0.2, 0.25) is 0 Å². The molecule has 1 fully saturated rings. The van der Waals surface area contributed by atoms with Crippen molar-refractivity contribution in [3.63, 3.8) is 0 Å². The van der Waals surface area contributed by atoms with Crippen LogP contribution in [0.25, 0.3) is 0 Å². The van der Waals surface area contributed by atoms with E-state index < -0.39 is 0 Å². The Morgan fingerprint density at radius 3 is 2.78 bits per heavy atom. The molecule has 0 saturated heterocycles. The molecule has 3 atom stereocenters. The Labute approximate surface area is 142 Å². The highest BCUT2D eigenvalue weighted by Gasteiger charge is 2.37. The van der Waals surface area contributed by atoms with Gasteiger partial charge in [-0.25, -0.2) is 0 Å². The lowest BCUT2D eigenvalue weighted by Gasteiger charge is -2.15. The van der Waals surface area contributed by atoms with Crippen LogP contribution in [0.15, 0.2) is 52.2 Å². The van der Waals surface area contributed by atoms with Gasteiger partial charge in [0.1, 0.15) is 0 Å². The maximum absolute atomic E-state index is 4.34. The molecule has 3 unspecified atom stereocenters. The Bertz CT molecular complexity index is 621. The molecule has 122 valence electrons. The first-order valence-corrected chi connectivity index (χ1v) is 9.23. The van der Waals surface area contributed by atoms with Crippen molar-refractivity contribution >= 4 is 17.3 Å².